The monoisotopic (exact) mass is 346 g/mol. The molecule has 0 spiro atoms. The number of hydrogen-bond acceptors (Lipinski definition) is 4. The molecule has 1 aromatic rings. The molecule has 1 aromatic heterocycles. The molecule has 0 radical (unpaired) electrons. The van der Waals surface area contributed by atoms with Crippen LogP contribution in [0.5, 0.6) is 0 Å². The molecule has 1 saturated heterocycles. The minimum absolute atomic E-state index is 0.0769. The number of aliphatic hydroxyl groups is 1. The summed E-state index contributed by atoms with van der Waals surface area (Å²) < 4.78 is 0. The van der Waals surface area contributed by atoms with Crippen molar-refractivity contribution >= 4 is 11.8 Å². The zero-order valence-electron chi connectivity index (χ0n) is 15.1. The Morgan fingerprint density at radius 2 is 2.08 bits per heavy atom. The van der Waals surface area contributed by atoms with Gasteiger partial charge in [-0.1, -0.05) is 12.5 Å². The van der Waals surface area contributed by atoms with Crippen molar-refractivity contribution in [2.45, 2.75) is 57.6 Å². The third kappa shape index (κ3) is 5.33. The second-order valence-electron chi connectivity index (χ2n) is 7.50. The largest absolute Gasteiger partial charge is 0.393 e. The van der Waals surface area contributed by atoms with Gasteiger partial charge in [0.15, 0.2) is 0 Å². The van der Waals surface area contributed by atoms with Crippen molar-refractivity contribution in [2.24, 2.45) is 5.92 Å². The Labute approximate surface area is 150 Å². The van der Waals surface area contributed by atoms with Crippen LogP contribution in [-0.4, -0.2) is 47.9 Å². The fourth-order valence-corrected chi connectivity index (χ4v) is 3.82. The van der Waals surface area contributed by atoms with E-state index in [1.807, 2.05) is 13.1 Å². The molecule has 6 nitrogen and oxygen atoms in total. The van der Waals surface area contributed by atoms with Gasteiger partial charge in [-0.3, -0.25) is 0 Å². The molecule has 2 atom stereocenters. The molecule has 1 aliphatic heterocycles. The van der Waals surface area contributed by atoms with Crippen LogP contribution in [0.3, 0.4) is 0 Å². The fourth-order valence-electron chi connectivity index (χ4n) is 3.82. The highest BCUT2D eigenvalue weighted by Crippen LogP contribution is 2.23. The zero-order chi connectivity index (χ0) is 17.6. The first-order valence-corrected chi connectivity index (χ1v) is 9.50. The van der Waals surface area contributed by atoms with Gasteiger partial charge in [-0.2, -0.15) is 0 Å². The van der Waals surface area contributed by atoms with Crippen molar-refractivity contribution < 1.29 is 9.90 Å². The van der Waals surface area contributed by atoms with E-state index in [0.29, 0.717) is 12.5 Å². The Kier molecular flexibility index (Phi) is 6.13. The Hall–Kier alpha value is -1.82. The number of nitrogens with one attached hydrogen (secondary N) is 2. The van der Waals surface area contributed by atoms with Gasteiger partial charge in [-0.25, -0.2) is 9.78 Å². The molecule has 2 aliphatic rings. The zero-order valence-corrected chi connectivity index (χ0v) is 15.1. The second kappa shape index (κ2) is 8.52. The minimum atomic E-state index is -0.191. The lowest BCUT2D eigenvalue weighted by Crippen LogP contribution is -2.49. The topological polar surface area (TPSA) is 77.5 Å². The smallest absolute Gasteiger partial charge is 0.315 e. The van der Waals surface area contributed by atoms with Gasteiger partial charge < -0.3 is 20.6 Å². The molecule has 1 saturated carbocycles. The number of amides is 2. The molecule has 2 amide bonds. The molecular formula is C19H30N4O2. The van der Waals surface area contributed by atoms with Crippen molar-refractivity contribution in [3.8, 4) is 0 Å². The van der Waals surface area contributed by atoms with Gasteiger partial charge in [0.25, 0.3) is 0 Å². The summed E-state index contributed by atoms with van der Waals surface area (Å²) >= 11 is 0. The van der Waals surface area contributed by atoms with Gasteiger partial charge in [0.05, 0.1) is 6.10 Å². The Bertz CT molecular complexity index is 555. The summed E-state index contributed by atoms with van der Waals surface area (Å²) in [5.41, 5.74) is 1.17. The van der Waals surface area contributed by atoms with Crippen LogP contribution < -0.4 is 15.5 Å². The summed E-state index contributed by atoms with van der Waals surface area (Å²) in [6, 6.07) is 4.29. The number of urea groups is 1. The number of rotatable bonds is 4. The number of pyridine rings is 1. The highest BCUT2D eigenvalue weighted by atomic mass is 16.3. The molecule has 0 bridgehead atoms. The van der Waals surface area contributed by atoms with Gasteiger partial charge in [0.1, 0.15) is 5.82 Å². The quantitative estimate of drug-likeness (QED) is 0.781. The van der Waals surface area contributed by atoms with Crippen molar-refractivity contribution in [3.63, 3.8) is 0 Å². The molecule has 0 aromatic carbocycles. The van der Waals surface area contributed by atoms with Crippen LogP contribution in [0.25, 0.3) is 0 Å². The number of anilines is 1. The summed E-state index contributed by atoms with van der Waals surface area (Å²) in [5.74, 6) is 1.42. The van der Waals surface area contributed by atoms with Gasteiger partial charge in [-0.05, 0) is 56.6 Å². The molecule has 3 rings (SSSR count). The number of piperidine rings is 1. The predicted molar refractivity (Wildman–Crippen MR) is 98.7 cm³/mol. The summed E-state index contributed by atoms with van der Waals surface area (Å²) in [6.45, 7) is 4.53. The number of hydrogen-bond donors (Lipinski definition) is 3. The van der Waals surface area contributed by atoms with E-state index in [1.165, 1.54) is 5.56 Å². The Balaban J connectivity index is 1.36. The van der Waals surface area contributed by atoms with Crippen LogP contribution in [0.4, 0.5) is 10.6 Å². The first-order chi connectivity index (χ1) is 12.1. The summed E-state index contributed by atoms with van der Waals surface area (Å²) in [6.07, 6.45) is 7.44. The van der Waals surface area contributed by atoms with Crippen molar-refractivity contribution in [1.82, 2.24) is 15.6 Å². The lowest BCUT2D eigenvalue weighted by molar-refractivity contribution is 0.101. The molecule has 1 aliphatic carbocycles. The summed E-state index contributed by atoms with van der Waals surface area (Å²) in [7, 11) is 0. The molecule has 3 N–H and O–H groups in total. The summed E-state index contributed by atoms with van der Waals surface area (Å²) in [5, 5.41) is 15.8. The van der Waals surface area contributed by atoms with E-state index in [4.69, 9.17) is 0 Å². The van der Waals surface area contributed by atoms with Gasteiger partial charge in [-0.15, -0.1) is 0 Å². The fraction of sp³-hybridized carbons (Fsp3) is 0.684. The van der Waals surface area contributed by atoms with Crippen LogP contribution in [0.1, 0.15) is 44.1 Å². The third-order valence-corrected chi connectivity index (χ3v) is 5.36. The Morgan fingerprint density at radius 3 is 2.76 bits per heavy atom. The molecule has 2 unspecified atom stereocenters. The van der Waals surface area contributed by atoms with Crippen LogP contribution in [0.15, 0.2) is 18.3 Å². The van der Waals surface area contributed by atoms with E-state index in [0.717, 1.165) is 57.4 Å². The molecule has 6 heteroatoms. The normalized spacial score (nSPS) is 24.8. The molecule has 138 valence electrons. The third-order valence-electron chi connectivity index (χ3n) is 5.36. The first-order valence-electron chi connectivity index (χ1n) is 9.50. The first kappa shape index (κ1) is 18.0. The molecule has 25 heavy (non-hydrogen) atoms. The van der Waals surface area contributed by atoms with Gasteiger partial charge in [0, 0.05) is 31.9 Å². The minimum Gasteiger partial charge on any atom is -0.393 e. The highest BCUT2D eigenvalue weighted by molar-refractivity contribution is 5.74. The van der Waals surface area contributed by atoms with Crippen molar-refractivity contribution in [1.29, 1.82) is 0 Å². The number of aryl methyl sites for hydroxylation is 1. The van der Waals surface area contributed by atoms with Crippen LogP contribution in [-0.2, 0) is 0 Å². The standard InChI is InChI=1S/C19H30N4O2/c1-14-5-6-18(20-12-14)23-9-7-16(8-10-23)22-19(25)21-13-15-3-2-4-17(24)11-15/h5-6,12,15-17,24H,2-4,7-11,13H2,1H3,(H2,21,22,25). The van der Waals surface area contributed by atoms with E-state index in [9.17, 15) is 9.90 Å². The average molecular weight is 346 g/mol. The number of carbonyl (C=O) groups is 1. The van der Waals surface area contributed by atoms with Crippen LogP contribution in [0, 0.1) is 12.8 Å². The SMILES string of the molecule is Cc1ccc(N2CCC(NC(=O)NCC3CCCC(O)C3)CC2)nc1. The van der Waals surface area contributed by atoms with E-state index < -0.39 is 0 Å². The number of nitrogens with zero attached hydrogens (tertiary/aromatic N) is 2. The number of aliphatic hydroxyl groups excluding tert-OH is 1. The molecule has 2 heterocycles. The van der Waals surface area contributed by atoms with Gasteiger partial charge >= 0.3 is 6.03 Å². The van der Waals surface area contributed by atoms with Gasteiger partial charge in [0.2, 0.25) is 0 Å². The van der Waals surface area contributed by atoms with Crippen LogP contribution >= 0.6 is 0 Å². The van der Waals surface area contributed by atoms with Crippen molar-refractivity contribution in [3.05, 3.63) is 23.9 Å². The van der Waals surface area contributed by atoms with E-state index >= 15 is 0 Å². The van der Waals surface area contributed by atoms with E-state index in [1.54, 1.807) is 0 Å². The van der Waals surface area contributed by atoms with E-state index in [-0.39, 0.29) is 18.2 Å². The average Bonchev–Trinajstić information content (AvgIpc) is 2.62. The maximum absolute atomic E-state index is 12.1. The second-order valence-corrected chi connectivity index (χ2v) is 7.50. The maximum Gasteiger partial charge on any atom is 0.315 e. The highest BCUT2D eigenvalue weighted by Gasteiger charge is 2.23. The maximum atomic E-state index is 12.1. The van der Waals surface area contributed by atoms with Crippen LogP contribution in [0.2, 0.25) is 0 Å². The van der Waals surface area contributed by atoms with E-state index in [2.05, 4.69) is 32.7 Å². The molecule has 2 fully saturated rings. The lowest BCUT2D eigenvalue weighted by Gasteiger charge is -2.33. The summed E-state index contributed by atoms with van der Waals surface area (Å²) in [4.78, 5) is 18.9. The molecular weight excluding hydrogens is 316 g/mol. The number of carbonyl (C=O) groups excluding carboxylic acids is 1. The predicted octanol–water partition coefficient (Wildman–Crippen LogP) is 2.21. The number of aromatic nitrogens is 1. The Morgan fingerprint density at radius 1 is 1.28 bits per heavy atom. The van der Waals surface area contributed by atoms with Crippen molar-refractivity contribution in [2.75, 3.05) is 24.5 Å². The lowest BCUT2D eigenvalue weighted by atomic mass is 9.87.